The second-order valence-corrected chi connectivity index (χ2v) is 8.52. The maximum atomic E-state index is 6.48. The molecule has 5 rings (SSSR count). The number of benzene rings is 1. The van der Waals surface area contributed by atoms with Crippen molar-refractivity contribution >= 4 is 40.2 Å². The number of hydrogen-bond acceptors (Lipinski definition) is 7. The molecule has 152 valence electrons. The van der Waals surface area contributed by atoms with Crippen molar-refractivity contribution in [2.45, 2.75) is 23.8 Å². The Bertz CT molecular complexity index is 1240. The molecule has 0 aliphatic heterocycles. The highest BCUT2D eigenvalue weighted by Gasteiger charge is 2.25. The number of rotatable bonds is 7. The van der Waals surface area contributed by atoms with Crippen LogP contribution < -0.4 is 5.32 Å². The van der Waals surface area contributed by atoms with E-state index in [0.717, 1.165) is 33.4 Å². The maximum Gasteiger partial charge on any atom is 0.256 e. The van der Waals surface area contributed by atoms with Gasteiger partial charge in [-0.3, -0.25) is 4.57 Å². The number of pyridine rings is 1. The number of nitrogens with one attached hydrogen (secondary N) is 1. The van der Waals surface area contributed by atoms with Crippen LogP contribution in [0.15, 0.2) is 53.8 Å². The molecule has 1 saturated carbocycles. The zero-order chi connectivity index (χ0) is 20.7. The third-order valence-electron chi connectivity index (χ3n) is 4.91. The van der Waals surface area contributed by atoms with Crippen LogP contribution in [0.2, 0.25) is 5.02 Å². The van der Waals surface area contributed by atoms with Crippen molar-refractivity contribution in [1.29, 1.82) is 0 Å². The van der Waals surface area contributed by atoms with Crippen molar-refractivity contribution in [3.8, 4) is 5.95 Å². The first-order valence-electron chi connectivity index (χ1n) is 9.54. The number of allylic oxidation sites excluding steroid dienone is 1. The highest BCUT2D eigenvalue weighted by Crippen LogP contribution is 2.36. The lowest BCUT2D eigenvalue weighted by molar-refractivity contribution is 0.682. The summed E-state index contributed by atoms with van der Waals surface area (Å²) in [7, 11) is 1.79. The van der Waals surface area contributed by atoms with Gasteiger partial charge in [-0.2, -0.15) is 0 Å². The van der Waals surface area contributed by atoms with E-state index in [9.17, 15) is 0 Å². The first kappa shape index (κ1) is 19.1. The number of anilines is 1. The van der Waals surface area contributed by atoms with Crippen LogP contribution in [0.1, 0.15) is 18.5 Å². The second-order valence-electron chi connectivity index (χ2n) is 7.17. The molecule has 3 heterocycles. The minimum atomic E-state index is 0.553. The second kappa shape index (κ2) is 7.73. The Hall–Kier alpha value is -2.91. The zero-order valence-electron chi connectivity index (χ0n) is 16.3. The summed E-state index contributed by atoms with van der Waals surface area (Å²) >= 11 is 8.04. The maximum absolute atomic E-state index is 6.48. The molecule has 0 spiro atoms. The molecule has 1 aromatic carbocycles. The Morgan fingerprint density at radius 3 is 2.83 bits per heavy atom. The number of thioether (sulfide) groups is 1. The molecule has 3 aromatic heterocycles. The number of hydrogen-bond donors (Lipinski definition) is 1. The van der Waals surface area contributed by atoms with Gasteiger partial charge in [-0.25, -0.2) is 14.6 Å². The predicted molar refractivity (Wildman–Crippen MR) is 118 cm³/mol. The van der Waals surface area contributed by atoms with Crippen molar-refractivity contribution < 1.29 is 0 Å². The summed E-state index contributed by atoms with van der Waals surface area (Å²) in [5, 5.41) is 16.5. The van der Waals surface area contributed by atoms with Crippen LogP contribution in [0.4, 0.5) is 5.82 Å². The van der Waals surface area contributed by atoms with Gasteiger partial charge >= 0.3 is 0 Å². The fourth-order valence-corrected chi connectivity index (χ4v) is 4.38. The van der Waals surface area contributed by atoms with Crippen LogP contribution in [0.5, 0.6) is 0 Å². The van der Waals surface area contributed by atoms with E-state index in [1.54, 1.807) is 23.5 Å². The topological polar surface area (TPSA) is 86.3 Å². The summed E-state index contributed by atoms with van der Waals surface area (Å²) in [6, 6.07) is 11.6. The van der Waals surface area contributed by atoms with E-state index < -0.39 is 0 Å². The highest BCUT2D eigenvalue weighted by atomic mass is 35.5. The minimum absolute atomic E-state index is 0.553. The molecule has 8 nitrogen and oxygen atoms in total. The van der Waals surface area contributed by atoms with Crippen molar-refractivity contribution in [2.75, 3.05) is 5.32 Å². The van der Waals surface area contributed by atoms with Gasteiger partial charge in [0.05, 0.1) is 21.7 Å². The van der Waals surface area contributed by atoms with Crippen molar-refractivity contribution in [1.82, 2.24) is 34.7 Å². The smallest absolute Gasteiger partial charge is 0.256 e. The molecule has 10 heteroatoms. The van der Waals surface area contributed by atoms with Crippen molar-refractivity contribution in [3.63, 3.8) is 0 Å². The Morgan fingerprint density at radius 2 is 2.07 bits per heavy atom. The number of aromatic nitrogens is 7. The zero-order valence-corrected chi connectivity index (χ0v) is 17.9. The van der Waals surface area contributed by atoms with E-state index in [0.29, 0.717) is 22.6 Å². The van der Waals surface area contributed by atoms with Crippen LogP contribution in [0.3, 0.4) is 0 Å². The SMILES string of the molecule is C=C(Nc1cccc(CSc2nc3cccc(Cl)c3n2-c2nnnn2C)n1)C1CC1. The normalized spacial score (nSPS) is 13.7. The van der Waals surface area contributed by atoms with E-state index in [1.165, 1.54) is 12.8 Å². The molecular formula is C20H19ClN8S. The van der Waals surface area contributed by atoms with Gasteiger partial charge in [-0.1, -0.05) is 47.2 Å². The van der Waals surface area contributed by atoms with Crippen LogP contribution in [-0.2, 0) is 12.8 Å². The number of aryl methyl sites for hydroxylation is 1. The number of nitrogens with zero attached hydrogens (tertiary/aromatic N) is 7. The third-order valence-corrected chi connectivity index (χ3v) is 6.19. The molecule has 0 saturated heterocycles. The van der Waals surface area contributed by atoms with Gasteiger partial charge in [0.15, 0.2) is 5.16 Å². The Balaban J connectivity index is 1.44. The highest BCUT2D eigenvalue weighted by molar-refractivity contribution is 7.98. The number of tetrazole rings is 1. The van der Waals surface area contributed by atoms with E-state index >= 15 is 0 Å². The van der Waals surface area contributed by atoms with Gasteiger partial charge in [0.25, 0.3) is 5.95 Å². The van der Waals surface area contributed by atoms with Crippen LogP contribution in [0.25, 0.3) is 17.0 Å². The van der Waals surface area contributed by atoms with Crippen LogP contribution in [-0.4, -0.2) is 34.7 Å². The fraction of sp³-hybridized carbons (Fsp3) is 0.250. The summed E-state index contributed by atoms with van der Waals surface area (Å²) in [6.07, 6.45) is 2.41. The molecule has 4 aromatic rings. The largest absolute Gasteiger partial charge is 0.344 e. The lowest BCUT2D eigenvalue weighted by Gasteiger charge is -2.10. The number of para-hydroxylation sites is 1. The predicted octanol–water partition coefficient (Wildman–Crippen LogP) is 4.23. The monoisotopic (exact) mass is 438 g/mol. The van der Waals surface area contributed by atoms with Gasteiger partial charge < -0.3 is 5.32 Å². The van der Waals surface area contributed by atoms with E-state index in [-0.39, 0.29) is 0 Å². The number of imidazole rings is 1. The summed E-state index contributed by atoms with van der Waals surface area (Å²) in [6.45, 7) is 4.11. The first-order valence-corrected chi connectivity index (χ1v) is 10.9. The lowest BCUT2D eigenvalue weighted by atomic mass is 10.3. The molecule has 1 aliphatic carbocycles. The average Bonchev–Trinajstić information content (AvgIpc) is 3.40. The molecule has 0 radical (unpaired) electrons. The Labute approximate surface area is 182 Å². The van der Waals surface area contributed by atoms with E-state index in [4.69, 9.17) is 21.6 Å². The molecule has 0 unspecified atom stereocenters. The van der Waals surface area contributed by atoms with E-state index in [1.807, 2.05) is 41.0 Å². The number of fused-ring (bicyclic) bond motifs is 1. The number of halogens is 1. The molecule has 0 atom stereocenters. The molecule has 1 aliphatic rings. The fourth-order valence-electron chi connectivity index (χ4n) is 3.23. The van der Waals surface area contributed by atoms with Crippen molar-refractivity contribution in [2.24, 2.45) is 13.0 Å². The van der Waals surface area contributed by atoms with Crippen LogP contribution >= 0.6 is 23.4 Å². The van der Waals surface area contributed by atoms with Gasteiger partial charge in [0, 0.05) is 18.5 Å². The first-order chi connectivity index (χ1) is 14.6. The minimum Gasteiger partial charge on any atom is -0.344 e. The van der Waals surface area contributed by atoms with E-state index in [2.05, 4.69) is 27.4 Å². The molecule has 30 heavy (non-hydrogen) atoms. The quantitative estimate of drug-likeness (QED) is 0.432. The summed E-state index contributed by atoms with van der Waals surface area (Å²) in [4.78, 5) is 9.48. The molecule has 0 amide bonds. The van der Waals surface area contributed by atoms with Crippen molar-refractivity contribution in [3.05, 3.63) is 59.4 Å². The van der Waals surface area contributed by atoms with Gasteiger partial charge in [-0.05, 0) is 53.5 Å². The van der Waals surface area contributed by atoms with Crippen LogP contribution in [0, 0.1) is 5.92 Å². The lowest BCUT2D eigenvalue weighted by Crippen LogP contribution is -2.06. The standard InChI is InChI=1S/C20H19ClN8S/c1-12(13-9-10-13)22-17-8-3-5-14(23-17)11-30-20-24-16-7-4-6-15(21)18(16)29(20)19-25-26-27-28(19)2/h3-8,13H,1,9-11H2,2H3,(H,22,23). The molecule has 0 bridgehead atoms. The molecule has 1 fully saturated rings. The van der Waals surface area contributed by atoms with Gasteiger partial charge in [0.2, 0.25) is 0 Å². The Morgan fingerprint density at radius 1 is 1.23 bits per heavy atom. The summed E-state index contributed by atoms with van der Waals surface area (Å²) in [5.41, 5.74) is 3.55. The third kappa shape index (κ3) is 3.66. The Kier molecular flexibility index (Phi) is 4.92. The summed E-state index contributed by atoms with van der Waals surface area (Å²) in [5.74, 6) is 2.59. The van der Waals surface area contributed by atoms with Gasteiger partial charge in [0.1, 0.15) is 5.82 Å². The summed E-state index contributed by atoms with van der Waals surface area (Å²) < 4.78 is 3.49. The molecular weight excluding hydrogens is 420 g/mol. The average molecular weight is 439 g/mol. The molecule has 1 N–H and O–H groups in total. The van der Waals surface area contributed by atoms with Gasteiger partial charge in [-0.15, -0.1) is 0 Å².